The number of ether oxygens (including phenoxy) is 1. The van der Waals surface area contributed by atoms with Crippen LogP contribution >= 0.6 is 0 Å². The largest absolute Gasteiger partial charge is 0.573 e. The highest BCUT2D eigenvalue weighted by molar-refractivity contribution is 5.69. The number of aliphatic hydroxyl groups excluding tert-OH is 1. The predicted octanol–water partition coefficient (Wildman–Crippen LogP) is 5.52. The van der Waals surface area contributed by atoms with Crippen molar-refractivity contribution < 1.29 is 23.0 Å². The second-order valence-corrected chi connectivity index (χ2v) is 7.66. The van der Waals surface area contributed by atoms with Gasteiger partial charge in [0.05, 0.1) is 18.3 Å². The van der Waals surface area contributed by atoms with E-state index in [4.69, 9.17) is 0 Å². The second kappa shape index (κ2) is 9.86. The van der Waals surface area contributed by atoms with Crippen molar-refractivity contribution in [2.45, 2.75) is 33.2 Å². The van der Waals surface area contributed by atoms with Crippen LogP contribution in [0.3, 0.4) is 0 Å². The van der Waals surface area contributed by atoms with Crippen LogP contribution in [0, 0.1) is 12.8 Å². The maximum atomic E-state index is 12.5. The van der Waals surface area contributed by atoms with E-state index in [0.29, 0.717) is 28.7 Å². The fraction of sp³-hybridized carbons (Fsp3) is 0.304. The lowest BCUT2D eigenvalue weighted by molar-refractivity contribution is -0.274. The first-order valence-electron chi connectivity index (χ1n) is 10.1. The number of aromatic nitrogens is 2. The molecule has 0 spiro atoms. The lowest BCUT2D eigenvalue weighted by Gasteiger charge is -2.21. The molecule has 32 heavy (non-hydrogen) atoms. The zero-order valence-electron chi connectivity index (χ0n) is 17.9. The Kier molecular flexibility index (Phi) is 7.19. The van der Waals surface area contributed by atoms with E-state index in [1.807, 2.05) is 44.2 Å². The Morgan fingerprint density at radius 3 is 2.34 bits per heavy atom. The van der Waals surface area contributed by atoms with Crippen LogP contribution in [0.15, 0.2) is 54.6 Å². The molecular formula is C23H25F3N4O2. The van der Waals surface area contributed by atoms with Gasteiger partial charge in [0.2, 0.25) is 5.95 Å². The molecule has 3 N–H and O–H groups in total. The lowest BCUT2D eigenvalue weighted by atomic mass is 10.1. The third kappa shape index (κ3) is 6.34. The van der Waals surface area contributed by atoms with Crippen molar-refractivity contribution in [2.75, 3.05) is 17.2 Å². The molecule has 3 aromatic rings. The molecule has 2 aromatic carbocycles. The van der Waals surface area contributed by atoms with Gasteiger partial charge in [-0.1, -0.05) is 44.2 Å². The molecule has 0 aliphatic heterocycles. The third-order valence-corrected chi connectivity index (χ3v) is 4.81. The fourth-order valence-corrected chi connectivity index (χ4v) is 3.03. The van der Waals surface area contributed by atoms with Gasteiger partial charge in [-0.25, -0.2) is 4.98 Å². The first-order chi connectivity index (χ1) is 15.1. The molecule has 1 atom stereocenters. The maximum Gasteiger partial charge on any atom is 0.573 e. The van der Waals surface area contributed by atoms with Gasteiger partial charge in [-0.3, -0.25) is 0 Å². The van der Waals surface area contributed by atoms with Crippen LogP contribution in [-0.4, -0.2) is 34.1 Å². The first-order valence-corrected chi connectivity index (χ1v) is 10.1. The summed E-state index contributed by atoms with van der Waals surface area (Å²) < 4.78 is 41.4. The van der Waals surface area contributed by atoms with E-state index in [-0.39, 0.29) is 24.3 Å². The van der Waals surface area contributed by atoms with Crippen LogP contribution in [-0.2, 0) is 0 Å². The molecule has 6 nitrogen and oxygen atoms in total. The molecule has 0 amide bonds. The predicted molar refractivity (Wildman–Crippen MR) is 118 cm³/mol. The van der Waals surface area contributed by atoms with E-state index in [0.717, 1.165) is 5.56 Å². The quantitative estimate of drug-likeness (QED) is 0.423. The summed E-state index contributed by atoms with van der Waals surface area (Å²) in [5.41, 5.74) is 2.65. The minimum Gasteiger partial charge on any atom is -0.406 e. The van der Waals surface area contributed by atoms with Crippen LogP contribution in [0.5, 0.6) is 5.75 Å². The Morgan fingerprint density at radius 2 is 1.75 bits per heavy atom. The number of halogens is 3. The number of hydrogen-bond donors (Lipinski definition) is 3. The summed E-state index contributed by atoms with van der Waals surface area (Å²) in [7, 11) is 0. The van der Waals surface area contributed by atoms with Gasteiger partial charge >= 0.3 is 6.36 Å². The van der Waals surface area contributed by atoms with Crippen LogP contribution < -0.4 is 15.4 Å². The summed E-state index contributed by atoms with van der Waals surface area (Å²) in [6.45, 7) is 5.54. The van der Waals surface area contributed by atoms with Crippen LogP contribution in [0.2, 0.25) is 0 Å². The van der Waals surface area contributed by atoms with Gasteiger partial charge in [-0.15, -0.1) is 13.2 Å². The summed E-state index contributed by atoms with van der Waals surface area (Å²) in [6.07, 6.45) is -4.75. The topological polar surface area (TPSA) is 79.3 Å². The number of nitrogens with one attached hydrogen (secondary N) is 2. The number of aryl methyl sites for hydroxylation is 1. The van der Waals surface area contributed by atoms with E-state index in [9.17, 15) is 18.3 Å². The van der Waals surface area contributed by atoms with Crippen molar-refractivity contribution in [3.8, 4) is 17.0 Å². The van der Waals surface area contributed by atoms with Crippen molar-refractivity contribution in [1.29, 1.82) is 0 Å². The summed E-state index contributed by atoms with van der Waals surface area (Å²) in [5, 5.41) is 16.0. The van der Waals surface area contributed by atoms with Gasteiger partial charge in [-0.05, 0) is 36.6 Å². The highest BCUT2D eigenvalue weighted by Gasteiger charge is 2.31. The number of alkyl halides is 3. The van der Waals surface area contributed by atoms with Crippen LogP contribution in [0.4, 0.5) is 30.6 Å². The second-order valence-electron chi connectivity index (χ2n) is 7.66. The molecule has 1 heterocycles. The summed E-state index contributed by atoms with van der Waals surface area (Å²) >= 11 is 0. The molecule has 0 saturated heterocycles. The SMILES string of the molecule is Cc1cc(OC(F)(F)F)ccc1Nc1cc(-c2ccccc2)nc(N[C@@H](CO)C(C)C)n1. The van der Waals surface area contributed by atoms with Gasteiger partial charge in [-0.2, -0.15) is 4.98 Å². The normalized spacial score (nSPS) is 12.5. The Bertz CT molecular complexity index is 1040. The Morgan fingerprint density at radius 1 is 1.03 bits per heavy atom. The molecule has 0 aliphatic rings. The van der Waals surface area contributed by atoms with Gasteiger partial charge < -0.3 is 20.5 Å². The number of rotatable bonds is 8. The molecule has 0 unspecified atom stereocenters. The van der Waals surface area contributed by atoms with Crippen molar-refractivity contribution >= 4 is 17.5 Å². The number of nitrogens with zero attached hydrogens (tertiary/aromatic N) is 2. The smallest absolute Gasteiger partial charge is 0.406 e. The van der Waals surface area contributed by atoms with Crippen molar-refractivity contribution in [2.24, 2.45) is 5.92 Å². The fourth-order valence-electron chi connectivity index (χ4n) is 3.03. The van der Waals surface area contributed by atoms with Crippen LogP contribution in [0.1, 0.15) is 19.4 Å². The van der Waals surface area contributed by atoms with E-state index >= 15 is 0 Å². The third-order valence-electron chi connectivity index (χ3n) is 4.81. The monoisotopic (exact) mass is 446 g/mol. The zero-order valence-corrected chi connectivity index (χ0v) is 17.9. The van der Waals surface area contributed by atoms with E-state index in [2.05, 4.69) is 25.3 Å². The molecule has 1 aromatic heterocycles. The van der Waals surface area contributed by atoms with Gasteiger partial charge in [0, 0.05) is 17.3 Å². The molecule has 170 valence electrons. The van der Waals surface area contributed by atoms with Gasteiger partial charge in [0.15, 0.2) is 0 Å². The van der Waals surface area contributed by atoms with Crippen LogP contribution in [0.25, 0.3) is 11.3 Å². The number of anilines is 3. The summed E-state index contributed by atoms with van der Waals surface area (Å²) in [6, 6.07) is 15.1. The Hall–Kier alpha value is -3.33. The highest BCUT2D eigenvalue weighted by atomic mass is 19.4. The lowest BCUT2D eigenvalue weighted by Crippen LogP contribution is -2.30. The molecule has 0 radical (unpaired) electrons. The summed E-state index contributed by atoms with van der Waals surface area (Å²) in [5.74, 6) is 0.632. The molecule has 0 bridgehead atoms. The van der Waals surface area contributed by atoms with Gasteiger partial charge in [0.1, 0.15) is 11.6 Å². The van der Waals surface area contributed by atoms with Crippen molar-refractivity contribution in [1.82, 2.24) is 9.97 Å². The molecule has 0 saturated carbocycles. The van der Waals surface area contributed by atoms with E-state index < -0.39 is 6.36 Å². The molecule has 0 fully saturated rings. The first kappa shape index (κ1) is 23.3. The van der Waals surface area contributed by atoms with Crippen molar-refractivity contribution in [3.63, 3.8) is 0 Å². The highest BCUT2D eigenvalue weighted by Crippen LogP contribution is 2.29. The molecule has 9 heteroatoms. The van der Waals surface area contributed by atoms with Crippen molar-refractivity contribution in [3.05, 3.63) is 60.2 Å². The number of hydrogen-bond acceptors (Lipinski definition) is 6. The Labute approximate surface area is 184 Å². The standard InChI is InChI=1S/C23H25F3N4O2/c1-14(2)20(13-31)29-22-28-19(16-7-5-4-6-8-16)12-21(30-22)27-18-10-9-17(11-15(18)3)32-23(24,25)26/h4-12,14,20,31H,13H2,1-3H3,(H2,27,28,29,30)/t20-/m0/s1. The number of benzene rings is 2. The Balaban J connectivity index is 1.94. The number of aliphatic hydroxyl groups is 1. The zero-order chi connectivity index (χ0) is 23.3. The van der Waals surface area contributed by atoms with E-state index in [1.54, 1.807) is 13.0 Å². The minimum absolute atomic E-state index is 0.0842. The summed E-state index contributed by atoms with van der Waals surface area (Å²) in [4.78, 5) is 9.07. The maximum absolute atomic E-state index is 12.5. The minimum atomic E-state index is -4.75. The van der Waals surface area contributed by atoms with Gasteiger partial charge in [0.25, 0.3) is 0 Å². The average Bonchev–Trinajstić information content (AvgIpc) is 2.73. The molecule has 0 aliphatic carbocycles. The average molecular weight is 446 g/mol. The molecular weight excluding hydrogens is 421 g/mol. The van der Waals surface area contributed by atoms with E-state index in [1.165, 1.54) is 18.2 Å². The molecule has 3 rings (SSSR count).